The first-order chi connectivity index (χ1) is 16.2. The van der Waals surface area contributed by atoms with Gasteiger partial charge in [0.1, 0.15) is 4.61 Å². The summed E-state index contributed by atoms with van der Waals surface area (Å²) in [7, 11) is 1.52. The molecule has 34 heavy (non-hydrogen) atoms. The van der Waals surface area contributed by atoms with Crippen LogP contribution < -0.4 is 10.6 Å². The van der Waals surface area contributed by atoms with Crippen molar-refractivity contribution in [2.24, 2.45) is 4.99 Å². The highest BCUT2D eigenvalue weighted by Gasteiger charge is 2.19. The second-order valence-corrected chi connectivity index (χ2v) is 7.94. The van der Waals surface area contributed by atoms with Crippen molar-refractivity contribution in [2.45, 2.75) is 19.9 Å². The average Bonchev–Trinajstić information content (AvgIpc) is 3.13. The van der Waals surface area contributed by atoms with Gasteiger partial charge in [0.2, 0.25) is 5.96 Å². The molecule has 0 saturated heterocycles. The molecule has 1 atom stereocenters. The molecule has 0 aliphatic carbocycles. The van der Waals surface area contributed by atoms with Crippen LogP contribution in [0.5, 0.6) is 0 Å². The van der Waals surface area contributed by atoms with Gasteiger partial charge in [-0.05, 0) is 72.3 Å². The number of nitrogens with one attached hydrogen (secondary N) is 2. The number of hydrogen-bond donors (Lipinski definition) is 2. The van der Waals surface area contributed by atoms with Crippen LogP contribution in [-0.4, -0.2) is 52.1 Å². The van der Waals surface area contributed by atoms with E-state index in [0.29, 0.717) is 10.9 Å². The summed E-state index contributed by atoms with van der Waals surface area (Å²) in [5.41, 5.74) is 1.25. The van der Waals surface area contributed by atoms with E-state index in [9.17, 15) is 18.4 Å². The number of amides is 1. The zero-order valence-corrected chi connectivity index (χ0v) is 20.7. The van der Waals surface area contributed by atoms with E-state index in [1.54, 1.807) is 19.1 Å². The lowest BCUT2D eigenvalue weighted by molar-refractivity contribution is 0.100. The number of fused-ring (bicyclic) bond motifs is 1. The van der Waals surface area contributed by atoms with Gasteiger partial charge in [0.25, 0.3) is 5.91 Å². The van der Waals surface area contributed by atoms with E-state index in [2.05, 4.69) is 20.7 Å². The van der Waals surface area contributed by atoms with Gasteiger partial charge in [0.05, 0.1) is 12.1 Å². The van der Waals surface area contributed by atoms with Crippen molar-refractivity contribution in [3.05, 3.63) is 59.2 Å². The molecule has 0 spiro atoms. The van der Waals surface area contributed by atoms with Crippen LogP contribution in [0, 0.1) is 18.6 Å². The second-order valence-electron chi connectivity index (χ2n) is 7.32. The van der Waals surface area contributed by atoms with Crippen molar-refractivity contribution in [3.63, 3.8) is 0 Å². The van der Waals surface area contributed by atoms with Gasteiger partial charge in [-0.2, -0.15) is 9.67 Å². The summed E-state index contributed by atoms with van der Waals surface area (Å²) >= 11 is 1.90. The molecular formula is C22H22F2IN5O4. The second kappa shape index (κ2) is 11.3. The number of carbonyl (C=O) groups is 2. The first-order valence-corrected chi connectivity index (χ1v) is 11.6. The maximum absolute atomic E-state index is 13.6. The van der Waals surface area contributed by atoms with Gasteiger partial charge in [0.15, 0.2) is 17.5 Å². The van der Waals surface area contributed by atoms with Crippen LogP contribution in [0.25, 0.3) is 10.9 Å². The minimum absolute atomic E-state index is 0.0198. The number of benzene rings is 2. The Morgan fingerprint density at radius 1 is 1.21 bits per heavy atom. The maximum Gasteiger partial charge on any atom is 0.436 e. The van der Waals surface area contributed by atoms with E-state index < -0.39 is 23.6 Å². The maximum atomic E-state index is 13.6. The van der Waals surface area contributed by atoms with Crippen LogP contribution in [-0.2, 0) is 9.47 Å². The largest absolute Gasteiger partial charge is 0.437 e. The Bertz CT molecular complexity index is 1250. The van der Waals surface area contributed by atoms with Crippen LogP contribution in [0.4, 0.5) is 19.4 Å². The van der Waals surface area contributed by atoms with E-state index in [0.717, 1.165) is 28.4 Å². The molecule has 180 valence electrons. The minimum atomic E-state index is -1.16. The van der Waals surface area contributed by atoms with Gasteiger partial charge in [-0.1, -0.05) is 6.07 Å². The summed E-state index contributed by atoms with van der Waals surface area (Å²) in [6.45, 7) is 3.95. The predicted molar refractivity (Wildman–Crippen MR) is 131 cm³/mol. The minimum Gasteiger partial charge on any atom is -0.437 e. The van der Waals surface area contributed by atoms with E-state index in [4.69, 9.17) is 9.47 Å². The van der Waals surface area contributed by atoms with Gasteiger partial charge >= 0.3 is 6.09 Å². The molecule has 0 fully saturated rings. The number of anilines is 1. The number of aryl methyl sites for hydroxylation is 1. The number of halogens is 3. The first kappa shape index (κ1) is 25.5. The summed E-state index contributed by atoms with van der Waals surface area (Å²) in [5, 5.41) is 10.8. The number of rotatable bonds is 6. The Morgan fingerprint density at radius 3 is 2.65 bits per heavy atom. The third kappa shape index (κ3) is 6.05. The standard InChI is InChI=1S/C22H22F2IN5O4/c1-12-4-6-15-18(8-12)30(22(32)34-11-25)29-19(15)27-21(26-13(2)10-33-3)28-20(31)14-5-7-16(23)17(24)9-14/h4-9,13H,10-11H2,1-3H3,(H2,26,27,28,29,31)/t13-/m0/s1. The summed E-state index contributed by atoms with van der Waals surface area (Å²) in [6.07, 6.45) is -0.671. The Labute approximate surface area is 207 Å². The lowest BCUT2D eigenvalue weighted by Gasteiger charge is -2.16. The number of methoxy groups -OCH3 is 1. The van der Waals surface area contributed by atoms with Crippen molar-refractivity contribution in [1.82, 2.24) is 15.1 Å². The summed E-state index contributed by atoms with van der Waals surface area (Å²) in [6, 6.07) is 7.84. The molecule has 3 rings (SSSR count). The third-order valence-electron chi connectivity index (χ3n) is 4.60. The molecule has 0 unspecified atom stereocenters. The van der Waals surface area contributed by atoms with Crippen LogP contribution in [0.2, 0.25) is 0 Å². The fourth-order valence-corrected chi connectivity index (χ4v) is 3.36. The fourth-order valence-electron chi connectivity index (χ4n) is 3.09. The predicted octanol–water partition coefficient (Wildman–Crippen LogP) is 4.23. The van der Waals surface area contributed by atoms with Gasteiger partial charge in [-0.3, -0.25) is 4.79 Å². The number of aromatic nitrogens is 2. The molecule has 2 N–H and O–H groups in total. The quantitative estimate of drug-likeness (QED) is 0.193. The van der Waals surface area contributed by atoms with Crippen LogP contribution >= 0.6 is 22.6 Å². The number of hydrogen-bond acceptors (Lipinski definition) is 5. The van der Waals surface area contributed by atoms with E-state index >= 15 is 0 Å². The molecule has 12 heteroatoms. The van der Waals surface area contributed by atoms with E-state index in [1.807, 2.05) is 35.6 Å². The Hall–Kier alpha value is -3.13. The molecule has 2 aromatic carbocycles. The summed E-state index contributed by atoms with van der Waals surface area (Å²) in [5.74, 6) is -2.84. The fraction of sp³-hybridized carbons (Fsp3) is 0.273. The first-order valence-electron chi connectivity index (χ1n) is 10.1. The molecule has 0 bridgehead atoms. The number of nitrogens with zero attached hydrogens (tertiary/aromatic N) is 3. The third-order valence-corrected chi connectivity index (χ3v) is 4.92. The molecule has 1 aromatic heterocycles. The van der Waals surface area contributed by atoms with Crippen molar-refractivity contribution >= 4 is 57.3 Å². The highest BCUT2D eigenvalue weighted by Crippen LogP contribution is 2.24. The zero-order valence-electron chi connectivity index (χ0n) is 18.6. The van der Waals surface area contributed by atoms with E-state index in [1.165, 1.54) is 7.11 Å². The molecular weight excluding hydrogens is 563 g/mol. The molecule has 0 radical (unpaired) electrons. The monoisotopic (exact) mass is 585 g/mol. The lowest BCUT2D eigenvalue weighted by Crippen LogP contribution is -2.40. The van der Waals surface area contributed by atoms with Crippen molar-refractivity contribution in [3.8, 4) is 0 Å². The Morgan fingerprint density at radius 2 is 1.97 bits per heavy atom. The molecule has 9 nitrogen and oxygen atoms in total. The van der Waals surface area contributed by atoms with Crippen LogP contribution in [0.1, 0.15) is 22.8 Å². The number of aliphatic imine (C=N–C) groups is 1. The Kier molecular flexibility index (Phi) is 8.50. The van der Waals surface area contributed by atoms with E-state index in [-0.39, 0.29) is 34.6 Å². The van der Waals surface area contributed by atoms with Crippen LogP contribution in [0.15, 0.2) is 41.4 Å². The number of ether oxygens (including phenoxy) is 2. The van der Waals surface area contributed by atoms with Crippen LogP contribution in [0.3, 0.4) is 0 Å². The molecule has 1 amide bonds. The topological polar surface area (TPSA) is 107 Å². The lowest BCUT2D eigenvalue weighted by atomic mass is 10.2. The highest BCUT2D eigenvalue weighted by molar-refractivity contribution is 14.1. The highest BCUT2D eigenvalue weighted by atomic mass is 127. The number of guanidine groups is 1. The number of alkyl halides is 1. The molecule has 3 aromatic rings. The van der Waals surface area contributed by atoms with Crippen molar-refractivity contribution in [2.75, 3.05) is 23.6 Å². The zero-order chi connectivity index (χ0) is 24.8. The van der Waals surface area contributed by atoms with Gasteiger partial charge in [-0.15, -0.1) is 5.10 Å². The number of carbonyl (C=O) groups excluding carboxylic acids is 2. The Balaban J connectivity index is 2.02. The molecule has 1 heterocycles. The molecule has 0 aliphatic heterocycles. The normalized spacial score (nSPS) is 12.5. The van der Waals surface area contributed by atoms with Gasteiger partial charge in [0, 0.05) is 24.1 Å². The average molecular weight is 585 g/mol. The van der Waals surface area contributed by atoms with Gasteiger partial charge in [-0.25, -0.2) is 13.6 Å². The molecule has 0 saturated carbocycles. The van der Waals surface area contributed by atoms with Crippen molar-refractivity contribution in [1.29, 1.82) is 0 Å². The summed E-state index contributed by atoms with van der Waals surface area (Å²) < 4.78 is 38.3. The SMILES string of the molecule is COC[C@H](C)N/C(=N/C(=O)c1ccc(F)c(F)c1)Nc1nn(C(=O)OCI)c2cc(C)ccc12. The van der Waals surface area contributed by atoms with Crippen molar-refractivity contribution < 1.29 is 27.8 Å². The summed E-state index contributed by atoms with van der Waals surface area (Å²) in [4.78, 5) is 29.1. The molecule has 0 aliphatic rings. The van der Waals surface area contributed by atoms with Gasteiger partial charge < -0.3 is 20.1 Å². The smallest absolute Gasteiger partial charge is 0.436 e.